The zero-order chi connectivity index (χ0) is 11.8. The van der Waals surface area contributed by atoms with Gasteiger partial charge >= 0.3 is 0 Å². The van der Waals surface area contributed by atoms with E-state index >= 15 is 0 Å². The molecule has 0 bridgehead atoms. The van der Waals surface area contributed by atoms with E-state index in [1.165, 1.54) is 6.20 Å². The van der Waals surface area contributed by atoms with Crippen LogP contribution in [-0.2, 0) is 10.0 Å². The van der Waals surface area contributed by atoms with Crippen LogP contribution in [0.5, 0.6) is 0 Å². The van der Waals surface area contributed by atoms with E-state index in [0.717, 1.165) is 12.8 Å². The smallest absolute Gasteiger partial charge is 0.244 e. The second kappa shape index (κ2) is 5.34. The minimum absolute atomic E-state index is 0. The van der Waals surface area contributed by atoms with Gasteiger partial charge in [0.15, 0.2) is 0 Å². The minimum Gasteiger partial charge on any atom is -0.329 e. The minimum atomic E-state index is -3.49. The molecule has 1 atom stereocenters. The number of sulfonamides is 1. The summed E-state index contributed by atoms with van der Waals surface area (Å²) in [6.07, 6.45) is 3.42. The SMILES string of the molecule is Cc1[nH]ncc1S(=O)(=O)NC(CN)C1CC1.Cl. The highest BCUT2D eigenvalue weighted by Gasteiger charge is 2.34. The van der Waals surface area contributed by atoms with Crippen molar-refractivity contribution in [3.05, 3.63) is 11.9 Å². The Morgan fingerprint density at radius 3 is 2.71 bits per heavy atom. The summed E-state index contributed by atoms with van der Waals surface area (Å²) in [5.41, 5.74) is 6.10. The van der Waals surface area contributed by atoms with E-state index in [1.54, 1.807) is 6.92 Å². The summed E-state index contributed by atoms with van der Waals surface area (Å²) in [6.45, 7) is 2.01. The fraction of sp³-hybridized carbons (Fsp3) is 0.667. The van der Waals surface area contributed by atoms with Crippen LogP contribution in [0.25, 0.3) is 0 Å². The average Bonchev–Trinajstić information content (AvgIpc) is 2.97. The van der Waals surface area contributed by atoms with E-state index in [0.29, 0.717) is 18.2 Å². The van der Waals surface area contributed by atoms with Crippen molar-refractivity contribution in [1.82, 2.24) is 14.9 Å². The first-order valence-electron chi connectivity index (χ1n) is 5.27. The van der Waals surface area contributed by atoms with Gasteiger partial charge in [-0.1, -0.05) is 0 Å². The lowest BCUT2D eigenvalue weighted by atomic mass is 10.2. The van der Waals surface area contributed by atoms with E-state index in [2.05, 4.69) is 14.9 Å². The molecule has 98 valence electrons. The van der Waals surface area contributed by atoms with Crippen LogP contribution < -0.4 is 10.5 Å². The second-order valence-electron chi connectivity index (χ2n) is 4.16. The van der Waals surface area contributed by atoms with Gasteiger partial charge in [0.1, 0.15) is 4.90 Å². The molecule has 1 aromatic heterocycles. The average molecular weight is 281 g/mol. The normalized spacial score (nSPS) is 17.5. The van der Waals surface area contributed by atoms with Crippen molar-refractivity contribution >= 4 is 22.4 Å². The molecule has 0 saturated heterocycles. The Kier molecular flexibility index (Phi) is 4.54. The molecule has 8 heteroatoms. The summed E-state index contributed by atoms with van der Waals surface area (Å²) in [5.74, 6) is 0.395. The Morgan fingerprint density at radius 2 is 2.29 bits per heavy atom. The first-order valence-corrected chi connectivity index (χ1v) is 6.75. The number of nitrogens with one attached hydrogen (secondary N) is 2. The number of aromatic nitrogens is 2. The number of hydrogen-bond acceptors (Lipinski definition) is 4. The van der Waals surface area contributed by atoms with E-state index < -0.39 is 10.0 Å². The maximum absolute atomic E-state index is 12.0. The number of nitrogens with zero attached hydrogens (tertiary/aromatic N) is 1. The van der Waals surface area contributed by atoms with Crippen molar-refractivity contribution in [2.24, 2.45) is 11.7 Å². The number of aromatic amines is 1. The fourth-order valence-corrected chi connectivity index (χ4v) is 3.16. The lowest BCUT2D eigenvalue weighted by Crippen LogP contribution is -2.41. The maximum Gasteiger partial charge on any atom is 0.244 e. The quantitative estimate of drug-likeness (QED) is 0.715. The molecule has 0 aliphatic heterocycles. The molecule has 0 amide bonds. The molecular weight excluding hydrogens is 264 g/mol. The van der Waals surface area contributed by atoms with Crippen LogP contribution in [0.15, 0.2) is 11.1 Å². The molecule has 0 aromatic carbocycles. The summed E-state index contributed by atoms with van der Waals surface area (Å²) >= 11 is 0. The molecule has 1 heterocycles. The number of rotatable bonds is 5. The van der Waals surface area contributed by atoms with Gasteiger partial charge in [-0.25, -0.2) is 13.1 Å². The monoisotopic (exact) mass is 280 g/mol. The van der Waals surface area contributed by atoms with Gasteiger partial charge in [0.2, 0.25) is 10.0 Å². The summed E-state index contributed by atoms with van der Waals surface area (Å²) < 4.78 is 26.6. The maximum atomic E-state index is 12.0. The molecule has 1 aromatic rings. The standard InChI is InChI=1S/C9H16N4O2S.ClH/c1-6-9(5-11-12-6)16(14,15)13-8(4-10)7-2-3-7;/h5,7-8,13H,2-4,10H2,1H3,(H,11,12);1H. The summed E-state index contributed by atoms with van der Waals surface area (Å²) in [4.78, 5) is 0.201. The predicted octanol–water partition coefficient (Wildman–Crippen LogP) is 0.156. The Hall–Kier alpha value is -0.630. The largest absolute Gasteiger partial charge is 0.329 e. The van der Waals surface area contributed by atoms with Gasteiger partial charge in [0.25, 0.3) is 0 Å². The van der Waals surface area contributed by atoms with E-state index in [-0.39, 0.29) is 23.3 Å². The highest BCUT2D eigenvalue weighted by Crippen LogP contribution is 2.32. The molecule has 1 aliphatic rings. The number of nitrogens with two attached hydrogens (primary N) is 1. The molecule has 6 nitrogen and oxygen atoms in total. The van der Waals surface area contributed by atoms with Gasteiger partial charge in [-0.3, -0.25) is 5.10 Å². The molecule has 2 rings (SSSR count). The fourth-order valence-electron chi connectivity index (χ4n) is 1.71. The lowest BCUT2D eigenvalue weighted by molar-refractivity contribution is 0.519. The van der Waals surface area contributed by atoms with Crippen LogP contribution in [0.2, 0.25) is 0 Å². The molecule has 1 fully saturated rings. The van der Waals surface area contributed by atoms with Gasteiger partial charge in [-0.05, 0) is 25.7 Å². The molecule has 1 saturated carbocycles. The lowest BCUT2D eigenvalue weighted by Gasteiger charge is -2.15. The Morgan fingerprint density at radius 1 is 1.65 bits per heavy atom. The zero-order valence-electron chi connectivity index (χ0n) is 9.51. The van der Waals surface area contributed by atoms with Gasteiger partial charge in [-0.15, -0.1) is 12.4 Å². The number of hydrogen-bond donors (Lipinski definition) is 3. The van der Waals surface area contributed by atoms with Crippen molar-refractivity contribution in [3.63, 3.8) is 0 Å². The van der Waals surface area contributed by atoms with Gasteiger partial charge in [0, 0.05) is 12.6 Å². The molecule has 0 spiro atoms. The molecular formula is C9H17ClN4O2S. The highest BCUT2D eigenvalue weighted by atomic mass is 35.5. The third-order valence-corrected chi connectivity index (χ3v) is 4.43. The number of aryl methyl sites for hydroxylation is 1. The van der Waals surface area contributed by atoms with Gasteiger partial charge in [0.05, 0.1) is 11.9 Å². The van der Waals surface area contributed by atoms with Crippen molar-refractivity contribution in [2.75, 3.05) is 6.54 Å². The van der Waals surface area contributed by atoms with E-state index in [1.807, 2.05) is 0 Å². The van der Waals surface area contributed by atoms with Crippen LogP contribution in [0, 0.1) is 12.8 Å². The predicted molar refractivity (Wildman–Crippen MR) is 66.5 cm³/mol. The third kappa shape index (κ3) is 3.19. The van der Waals surface area contributed by atoms with E-state index in [4.69, 9.17) is 5.73 Å². The van der Waals surface area contributed by atoms with E-state index in [9.17, 15) is 8.42 Å². The van der Waals surface area contributed by atoms with Crippen LogP contribution in [-0.4, -0.2) is 31.2 Å². The molecule has 17 heavy (non-hydrogen) atoms. The summed E-state index contributed by atoms with van der Waals surface area (Å²) in [5, 5.41) is 6.32. The molecule has 4 N–H and O–H groups in total. The van der Waals surface area contributed by atoms with Crippen molar-refractivity contribution in [3.8, 4) is 0 Å². The topological polar surface area (TPSA) is 101 Å². The Bertz CT molecular complexity index is 469. The summed E-state index contributed by atoms with van der Waals surface area (Å²) in [7, 11) is -3.49. The number of H-pyrrole nitrogens is 1. The van der Waals surface area contributed by atoms with Crippen LogP contribution in [0.3, 0.4) is 0 Å². The first-order chi connectivity index (χ1) is 7.54. The first kappa shape index (κ1) is 14.4. The zero-order valence-corrected chi connectivity index (χ0v) is 11.1. The second-order valence-corrected chi connectivity index (χ2v) is 5.84. The van der Waals surface area contributed by atoms with Crippen molar-refractivity contribution in [1.29, 1.82) is 0 Å². The van der Waals surface area contributed by atoms with Crippen molar-refractivity contribution in [2.45, 2.75) is 30.7 Å². The third-order valence-electron chi connectivity index (χ3n) is 2.82. The molecule has 1 aliphatic carbocycles. The van der Waals surface area contributed by atoms with Crippen LogP contribution in [0.1, 0.15) is 18.5 Å². The molecule has 1 unspecified atom stereocenters. The van der Waals surface area contributed by atoms with Crippen LogP contribution >= 0.6 is 12.4 Å². The van der Waals surface area contributed by atoms with Gasteiger partial charge in [-0.2, -0.15) is 5.10 Å². The molecule has 0 radical (unpaired) electrons. The van der Waals surface area contributed by atoms with Gasteiger partial charge < -0.3 is 5.73 Å². The Balaban J connectivity index is 0.00000144. The Labute approximate surface area is 107 Å². The van der Waals surface area contributed by atoms with Crippen LogP contribution in [0.4, 0.5) is 0 Å². The number of halogens is 1. The van der Waals surface area contributed by atoms with Crippen molar-refractivity contribution < 1.29 is 8.42 Å². The highest BCUT2D eigenvalue weighted by molar-refractivity contribution is 7.89. The summed E-state index contributed by atoms with van der Waals surface area (Å²) in [6, 6.07) is -0.153.